The fraction of sp³-hybridized carbons (Fsp3) is 0.381. The Hall–Kier alpha value is -2.91. The Bertz CT molecular complexity index is 1160. The van der Waals surface area contributed by atoms with Gasteiger partial charge in [0.1, 0.15) is 0 Å². The lowest BCUT2D eigenvalue weighted by molar-refractivity contribution is 0.0698. The van der Waals surface area contributed by atoms with E-state index in [1.54, 1.807) is 22.4 Å². The number of ether oxygens (including phenoxy) is 1. The Morgan fingerprint density at radius 1 is 1.30 bits per heavy atom. The molecule has 0 aliphatic carbocycles. The molecule has 3 aromatic rings. The third kappa shape index (κ3) is 3.66. The number of hydrogen-bond acceptors (Lipinski definition) is 7. The number of morpholine rings is 1. The van der Waals surface area contributed by atoms with E-state index < -0.39 is 5.97 Å². The summed E-state index contributed by atoms with van der Waals surface area (Å²) < 4.78 is 7.03. The second-order valence-electron chi connectivity index (χ2n) is 7.50. The van der Waals surface area contributed by atoms with Crippen molar-refractivity contribution in [1.82, 2.24) is 9.55 Å². The van der Waals surface area contributed by atoms with E-state index in [9.17, 15) is 14.7 Å². The minimum atomic E-state index is -0.971. The largest absolute Gasteiger partial charge is 0.478 e. The number of fused-ring (bicyclic) bond motifs is 1. The molecule has 4 rings (SSSR count). The number of aryl methyl sites for hydroxylation is 1. The van der Waals surface area contributed by atoms with Gasteiger partial charge in [-0.3, -0.25) is 9.36 Å². The zero-order chi connectivity index (χ0) is 21.4. The number of anilines is 2. The SMILES string of the molecule is Cc1cc([C@@H](C)Nc2cscc2C(=O)O)c2nc(N3CCOCC3)n(C)c(=O)c2c1. The summed E-state index contributed by atoms with van der Waals surface area (Å²) >= 11 is 1.33. The van der Waals surface area contributed by atoms with E-state index in [1.807, 2.05) is 26.0 Å². The number of benzene rings is 1. The summed E-state index contributed by atoms with van der Waals surface area (Å²) in [5, 5.41) is 16.6. The lowest BCUT2D eigenvalue weighted by Crippen LogP contribution is -2.40. The summed E-state index contributed by atoms with van der Waals surface area (Å²) in [4.78, 5) is 31.6. The molecule has 9 heteroatoms. The first-order valence-electron chi connectivity index (χ1n) is 9.77. The van der Waals surface area contributed by atoms with Gasteiger partial charge in [-0.15, -0.1) is 11.3 Å². The maximum Gasteiger partial charge on any atom is 0.338 e. The van der Waals surface area contributed by atoms with Crippen LogP contribution in [0.5, 0.6) is 0 Å². The van der Waals surface area contributed by atoms with Crippen LogP contribution >= 0.6 is 11.3 Å². The van der Waals surface area contributed by atoms with E-state index in [1.165, 1.54) is 11.3 Å². The third-order valence-electron chi connectivity index (χ3n) is 5.36. The highest BCUT2D eigenvalue weighted by molar-refractivity contribution is 7.08. The molecule has 2 aromatic heterocycles. The zero-order valence-electron chi connectivity index (χ0n) is 17.1. The van der Waals surface area contributed by atoms with Gasteiger partial charge < -0.3 is 20.1 Å². The molecule has 1 atom stereocenters. The van der Waals surface area contributed by atoms with Crippen molar-refractivity contribution in [2.45, 2.75) is 19.9 Å². The zero-order valence-corrected chi connectivity index (χ0v) is 18.0. The number of rotatable bonds is 5. The number of nitrogens with one attached hydrogen (secondary N) is 1. The molecular weight excluding hydrogens is 404 g/mol. The molecule has 1 aliphatic heterocycles. The predicted octanol–water partition coefficient (Wildman–Crippen LogP) is 3.01. The van der Waals surface area contributed by atoms with E-state index in [0.717, 1.165) is 11.1 Å². The second-order valence-corrected chi connectivity index (χ2v) is 8.24. The molecule has 8 nitrogen and oxygen atoms in total. The van der Waals surface area contributed by atoms with Gasteiger partial charge in [-0.25, -0.2) is 9.78 Å². The number of hydrogen-bond donors (Lipinski definition) is 2. The van der Waals surface area contributed by atoms with Crippen LogP contribution in [0.1, 0.15) is 34.5 Å². The van der Waals surface area contributed by atoms with Crippen LogP contribution in [0, 0.1) is 6.92 Å². The van der Waals surface area contributed by atoms with Gasteiger partial charge in [-0.05, 0) is 25.5 Å². The number of carboxylic acid groups (broad SMARTS) is 1. The number of carboxylic acids is 1. The Morgan fingerprint density at radius 2 is 2.03 bits per heavy atom. The smallest absolute Gasteiger partial charge is 0.338 e. The van der Waals surface area contributed by atoms with Gasteiger partial charge in [0.2, 0.25) is 5.95 Å². The fourth-order valence-corrected chi connectivity index (χ4v) is 4.57. The highest BCUT2D eigenvalue weighted by Crippen LogP contribution is 2.30. The summed E-state index contributed by atoms with van der Waals surface area (Å²) in [6.07, 6.45) is 0. The molecule has 2 N–H and O–H groups in total. The summed E-state index contributed by atoms with van der Waals surface area (Å²) in [6.45, 7) is 6.45. The lowest BCUT2D eigenvalue weighted by Gasteiger charge is -2.29. The van der Waals surface area contributed by atoms with Crippen LogP contribution in [0.25, 0.3) is 10.9 Å². The molecule has 1 aliphatic rings. The molecular formula is C21H24N4O4S. The Labute approximate surface area is 177 Å². The van der Waals surface area contributed by atoms with Crippen LogP contribution < -0.4 is 15.8 Å². The maximum absolute atomic E-state index is 13.1. The van der Waals surface area contributed by atoms with Gasteiger partial charge >= 0.3 is 5.97 Å². The minimum absolute atomic E-state index is 0.0969. The molecule has 3 heterocycles. The summed E-state index contributed by atoms with van der Waals surface area (Å²) in [5.74, 6) is -0.350. The van der Waals surface area contributed by atoms with Crippen molar-refractivity contribution in [3.63, 3.8) is 0 Å². The van der Waals surface area contributed by atoms with Gasteiger partial charge in [0.25, 0.3) is 5.56 Å². The monoisotopic (exact) mass is 428 g/mol. The van der Waals surface area contributed by atoms with Crippen molar-refractivity contribution in [3.8, 4) is 0 Å². The van der Waals surface area contributed by atoms with Crippen molar-refractivity contribution in [2.24, 2.45) is 7.05 Å². The molecule has 158 valence electrons. The van der Waals surface area contributed by atoms with Crippen LogP contribution in [0.15, 0.2) is 27.7 Å². The average molecular weight is 429 g/mol. The molecule has 0 bridgehead atoms. The molecule has 1 fully saturated rings. The molecule has 30 heavy (non-hydrogen) atoms. The van der Waals surface area contributed by atoms with Gasteiger partial charge in [0.05, 0.1) is 41.4 Å². The van der Waals surface area contributed by atoms with Crippen LogP contribution in [0.3, 0.4) is 0 Å². The summed E-state index contributed by atoms with van der Waals surface area (Å²) in [7, 11) is 1.74. The molecule has 0 saturated carbocycles. The number of nitrogens with zero attached hydrogens (tertiary/aromatic N) is 3. The Balaban J connectivity index is 1.82. The van der Waals surface area contributed by atoms with Crippen LogP contribution in [0.4, 0.5) is 11.6 Å². The van der Waals surface area contributed by atoms with Crippen molar-refractivity contribution >= 4 is 39.8 Å². The summed E-state index contributed by atoms with van der Waals surface area (Å²) in [6, 6.07) is 3.62. The topological polar surface area (TPSA) is 96.7 Å². The highest BCUT2D eigenvalue weighted by Gasteiger charge is 2.22. The minimum Gasteiger partial charge on any atom is -0.478 e. The first-order valence-corrected chi connectivity index (χ1v) is 10.7. The van der Waals surface area contributed by atoms with Gasteiger partial charge in [-0.2, -0.15) is 0 Å². The number of aromatic carboxylic acids is 1. The molecule has 0 radical (unpaired) electrons. The van der Waals surface area contributed by atoms with Crippen molar-refractivity contribution in [1.29, 1.82) is 0 Å². The number of thiophene rings is 1. The molecule has 1 aromatic carbocycles. The normalized spacial score (nSPS) is 15.4. The fourth-order valence-electron chi connectivity index (χ4n) is 3.80. The van der Waals surface area contributed by atoms with Crippen LogP contribution in [-0.2, 0) is 11.8 Å². The second kappa shape index (κ2) is 8.08. The Morgan fingerprint density at radius 3 is 2.73 bits per heavy atom. The van der Waals surface area contributed by atoms with Crippen molar-refractivity contribution in [2.75, 3.05) is 36.5 Å². The quantitative estimate of drug-likeness (QED) is 0.645. The standard InChI is InChI=1S/C21H24N4O4S/c1-12-8-14(13(2)22-17-11-30-10-16(17)20(27)28)18-15(9-12)19(26)24(3)21(23-18)25-4-6-29-7-5-25/h8-11,13,22H,4-7H2,1-3H3,(H,27,28)/t13-/m1/s1. The molecule has 0 unspecified atom stereocenters. The first-order chi connectivity index (χ1) is 14.4. The van der Waals surface area contributed by atoms with E-state index in [2.05, 4.69) is 10.2 Å². The van der Waals surface area contributed by atoms with Crippen LogP contribution in [0.2, 0.25) is 0 Å². The number of aromatic nitrogens is 2. The van der Waals surface area contributed by atoms with Crippen molar-refractivity contribution in [3.05, 3.63) is 49.9 Å². The highest BCUT2D eigenvalue weighted by atomic mass is 32.1. The van der Waals surface area contributed by atoms with Gasteiger partial charge in [-0.1, -0.05) is 6.07 Å². The number of carbonyl (C=O) groups is 1. The Kier molecular flexibility index (Phi) is 5.48. The van der Waals surface area contributed by atoms with Gasteiger partial charge in [0, 0.05) is 36.5 Å². The lowest BCUT2D eigenvalue weighted by atomic mass is 10.0. The van der Waals surface area contributed by atoms with E-state index in [0.29, 0.717) is 48.8 Å². The average Bonchev–Trinajstić information content (AvgIpc) is 3.19. The molecule has 1 saturated heterocycles. The van der Waals surface area contributed by atoms with E-state index in [4.69, 9.17) is 9.72 Å². The van der Waals surface area contributed by atoms with Crippen LogP contribution in [-0.4, -0.2) is 46.9 Å². The van der Waals surface area contributed by atoms with E-state index >= 15 is 0 Å². The summed E-state index contributed by atoms with van der Waals surface area (Å²) in [5.41, 5.74) is 3.15. The van der Waals surface area contributed by atoms with Gasteiger partial charge in [0.15, 0.2) is 0 Å². The predicted molar refractivity (Wildman–Crippen MR) is 118 cm³/mol. The molecule has 0 spiro atoms. The first kappa shape index (κ1) is 20.4. The maximum atomic E-state index is 13.1. The van der Waals surface area contributed by atoms with Crippen molar-refractivity contribution < 1.29 is 14.6 Å². The molecule has 0 amide bonds. The third-order valence-corrected chi connectivity index (χ3v) is 6.10. The van der Waals surface area contributed by atoms with E-state index in [-0.39, 0.29) is 17.2 Å².